The third kappa shape index (κ3) is 7.08. The minimum Gasteiger partial charge on any atom is -0.406 e. The molecule has 0 aliphatic carbocycles. The number of guanidine groups is 1. The molecule has 0 bridgehead atoms. The Hall–Kier alpha value is -2.01. The van der Waals surface area contributed by atoms with Gasteiger partial charge < -0.3 is 20.9 Å². The van der Waals surface area contributed by atoms with Crippen molar-refractivity contribution >= 4 is 35.6 Å². The van der Waals surface area contributed by atoms with E-state index in [9.17, 15) is 18.3 Å². The Morgan fingerprint density at radius 2 is 1.69 bits per heavy atom. The number of aliphatic imine (C=N–C) groups is 1. The van der Waals surface area contributed by atoms with E-state index in [-0.39, 0.29) is 42.2 Å². The lowest BCUT2D eigenvalue weighted by Crippen LogP contribution is -2.29. The fourth-order valence-corrected chi connectivity index (χ4v) is 2.05. The summed E-state index contributed by atoms with van der Waals surface area (Å²) in [5, 5.41) is 13.2. The van der Waals surface area contributed by atoms with E-state index in [1.807, 2.05) is 6.07 Å². The lowest BCUT2D eigenvalue weighted by molar-refractivity contribution is -0.274. The number of aliphatic hydroxyl groups is 1. The molecular weight excluding hydrogens is 462 g/mol. The molecule has 142 valence electrons. The summed E-state index contributed by atoms with van der Waals surface area (Å²) >= 11 is 0. The highest BCUT2D eigenvalue weighted by atomic mass is 127. The van der Waals surface area contributed by atoms with Gasteiger partial charge in [-0.25, -0.2) is 4.99 Å². The number of nitrogens with two attached hydrogens (primary N) is 1. The summed E-state index contributed by atoms with van der Waals surface area (Å²) in [5.74, 6) is -0.304. The molecule has 0 aliphatic rings. The van der Waals surface area contributed by atoms with Crippen molar-refractivity contribution in [2.75, 3.05) is 11.9 Å². The van der Waals surface area contributed by atoms with Crippen LogP contribution in [0.3, 0.4) is 0 Å². The molecule has 0 aromatic heterocycles. The number of nitrogens with zero attached hydrogens (tertiary/aromatic N) is 1. The van der Waals surface area contributed by atoms with Crippen LogP contribution >= 0.6 is 24.0 Å². The van der Waals surface area contributed by atoms with Crippen LogP contribution in [0.15, 0.2) is 59.6 Å². The Balaban J connectivity index is 0.00000338. The summed E-state index contributed by atoms with van der Waals surface area (Å²) in [4.78, 5) is 4.07. The Bertz CT molecular complexity index is 720. The zero-order valence-electron chi connectivity index (χ0n) is 13.8. The summed E-state index contributed by atoms with van der Waals surface area (Å²) in [6.07, 6.45) is -4.74. The fraction of sp³-hybridized carbons (Fsp3) is 0.235. The summed E-state index contributed by atoms with van der Waals surface area (Å²) in [7, 11) is 0. The van der Waals surface area contributed by atoms with Gasteiger partial charge >= 0.3 is 6.36 Å². The van der Waals surface area contributed by atoms with E-state index >= 15 is 0 Å². The summed E-state index contributed by atoms with van der Waals surface area (Å²) in [6, 6.07) is 14.1. The number of benzene rings is 2. The number of alkyl halides is 3. The van der Waals surface area contributed by atoms with Crippen molar-refractivity contribution in [2.45, 2.75) is 18.9 Å². The average Bonchev–Trinajstić information content (AvgIpc) is 2.54. The molecule has 9 heteroatoms. The highest BCUT2D eigenvalue weighted by molar-refractivity contribution is 14.0. The van der Waals surface area contributed by atoms with Gasteiger partial charge in [-0.1, -0.05) is 30.3 Å². The topological polar surface area (TPSA) is 79.9 Å². The molecule has 2 rings (SSSR count). The van der Waals surface area contributed by atoms with Crippen molar-refractivity contribution in [3.63, 3.8) is 0 Å². The highest BCUT2D eigenvalue weighted by Crippen LogP contribution is 2.24. The maximum Gasteiger partial charge on any atom is 0.573 e. The fourth-order valence-electron chi connectivity index (χ4n) is 2.05. The van der Waals surface area contributed by atoms with Crippen LogP contribution in [0.1, 0.15) is 12.5 Å². The van der Waals surface area contributed by atoms with Gasteiger partial charge in [0.1, 0.15) is 11.4 Å². The highest BCUT2D eigenvalue weighted by Gasteiger charge is 2.31. The Kier molecular flexibility index (Phi) is 7.69. The number of anilines is 1. The van der Waals surface area contributed by atoms with Gasteiger partial charge in [0, 0.05) is 5.69 Å². The normalized spacial score (nSPS) is 14.1. The second kappa shape index (κ2) is 9.08. The first kappa shape index (κ1) is 22.0. The van der Waals surface area contributed by atoms with E-state index in [0.29, 0.717) is 11.3 Å². The predicted molar refractivity (Wildman–Crippen MR) is 105 cm³/mol. The van der Waals surface area contributed by atoms with E-state index in [1.165, 1.54) is 12.1 Å². The zero-order chi connectivity index (χ0) is 18.5. The molecule has 1 unspecified atom stereocenters. The second-order valence-corrected chi connectivity index (χ2v) is 5.54. The Labute approximate surface area is 166 Å². The van der Waals surface area contributed by atoms with Crippen LogP contribution in [0.4, 0.5) is 18.9 Å². The number of hydrogen-bond acceptors (Lipinski definition) is 3. The molecule has 0 fully saturated rings. The molecule has 0 spiro atoms. The lowest BCUT2D eigenvalue weighted by atomic mass is 9.96. The monoisotopic (exact) mass is 481 g/mol. The van der Waals surface area contributed by atoms with Gasteiger partial charge in [0.05, 0.1) is 6.54 Å². The van der Waals surface area contributed by atoms with Crippen LogP contribution in [-0.2, 0) is 5.60 Å². The SMILES string of the molecule is CC(O)(CN=C(N)Nc1ccc(OC(F)(F)F)cc1)c1ccccc1.I. The minimum atomic E-state index is -4.74. The van der Waals surface area contributed by atoms with E-state index in [4.69, 9.17) is 5.73 Å². The maximum atomic E-state index is 12.1. The summed E-state index contributed by atoms with van der Waals surface area (Å²) < 4.78 is 40.1. The van der Waals surface area contributed by atoms with Crippen molar-refractivity contribution in [3.05, 3.63) is 60.2 Å². The molecule has 5 nitrogen and oxygen atoms in total. The molecule has 2 aromatic rings. The lowest BCUT2D eigenvalue weighted by Gasteiger charge is -2.21. The van der Waals surface area contributed by atoms with Crippen LogP contribution in [-0.4, -0.2) is 24.0 Å². The standard InChI is InChI=1S/C17H18F3N3O2.HI/c1-16(24,12-5-3-2-4-6-12)11-22-15(21)23-13-7-9-14(10-8-13)25-17(18,19)20;/h2-10,24H,11H2,1H3,(H3,21,22,23);1H. The maximum absolute atomic E-state index is 12.1. The van der Waals surface area contributed by atoms with E-state index in [2.05, 4.69) is 15.0 Å². The van der Waals surface area contributed by atoms with Gasteiger partial charge in [0.25, 0.3) is 0 Å². The molecular formula is C17H19F3IN3O2. The van der Waals surface area contributed by atoms with Crippen LogP contribution in [0.2, 0.25) is 0 Å². The Morgan fingerprint density at radius 1 is 1.12 bits per heavy atom. The van der Waals surface area contributed by atoms with E-state index in [1.54, 1.807) is 31.2 Å². The Morgan fingerprint density at radius 3 is 2.23 bits per heavy atom. The number of nitrogens with one attached hydrogen (secondary N) is 1. The minimum absolute atomic E-state index is 0. The first-order valence-corrected chi connectivity index (χ1v) is 7.36. The molecule has 0 saturated carbocycles. The van der Waals surface area contributed by atoms with E-state index in [0.717, 1.165) is 12.1 Å². The van der Waals surface area contributed by atoms with Crippen molar-refractivity contribution in [1.29, 1.82) is 0 Å². The third-order valence-corrected chi connectivity index (χ3v) is 3.31. The predicted octanol–water partition coefficient (Wildman–Crippen LogP) is 3.84. The van der Waals surface area contributed by atoms with Crippen molar-refractivity contribution in [3.8, 4) is 5.75 Å². The summed E-state index contributed by atoms with van der Waals surface area (Å²) in [5.41, 5.74) is 5.69. The van der Waals surface area contributed by atoms with Crippen LogP contribution in [0.5, 0.6) is 5.75 Å². The van der Waals surface area contributed by atoms with Gasteiger partial charge in [-0.15, -0.1) is 37.1 Å². The van der Waals surface area contributed by atoms with Gasteiger partial charge in [0.2, 0.25) is 0 Å². The second-order valence-electron chi connectivity index (χ2n) is 5.54. The molecule has 0 saturated heterocycles. The van der Waals surface area contributed by atoms with Gasteiger partial charge in [-0.3, -0.25) is 0 Å². The molecule has 0 heterocycles. The number of halogens is 4. The smallest absolute Gasteiger partial charge is 0.406 e. The number of rotatable bonds is 5. The number of hydrogen-bond donors (Lipinski definition) is 3. The largest absolute Gasteiger partial charge is 0.573 e. The quantitative estimate of drug-likeness (QED) is 0.345. The van der Waals surface area contributed by atoms with Gasteiger partial charge in [0.15, 0.2) is 5.96 Å². The first-order valence-electron chi connectivity index (χ1n) is 7.36. The van der Waals surface area contributed by atoms with Crippen LogP contribution in [0, 0.1) is 0 Å². The van der Waals surface area contributed by atoms with Gasteiger partial charge in [-0.2, -0.15) is 0 Å². The molecule has 0 aliphatic heterocycles. The van der Waals surface area contributed by atoms with Crippen LogP contribution < -0.4 is 15.8 Å². The van der Waals surface area contributed by atoms with Crippen molar-refractivity contribution < 1.29 is 23.0 Å². The van der Waals surface area contributed by atoms with Crippen molar-refractivity contribution in [1.82, 2.24) is 0 Å². The average molecular weight is 481 g/mol. The molecule has 26 heavy (non-hydrogen) atoms. The molecule has 4 N–H and O–H groups in total. The molecule has 0 radical (unpaired) electrons. The number of ether oxygens (including phenoxy) is 1. The molecule has 1 atom stereocenters. The zero-order valence-corrected chi connectivity index (χ0v) is 16.2. The van der Waals surface area contributed by atoms with E-state index < -0.39 is 12.0 Å². The van der Waals surface area contributed by atoms with Crippen molar-refractivity contribution in [2.24, 2.45) is 10.7 Å². The third-order valence-electron chi connectivity index (χ3n) is 3.31. The molecule has 2 aromatic carbocycles. The van der Waals surface area contributed by atoms with Crippen LogP contribution in [0.25, 0.3) is 0 Å². The summed E-state index contributed by atoms with van der Waals surface area (Å²) in [6.45, 7) is 1.63. The first-order chi connectivity index (χ1) is 11.7. The van der Waals surface area contributed by atoms with Gasteiger partial charge in [-0.05, 0) is 36.8 Å². The molecule has 0 amide bonds.